The van der Waals surface area contributed by atoms with E-state index in [4.69, 9.17) is 4.42 Å². The highest BCUT2D eigenvalue weighted by atomic mass is 16.3. The van der Waals surface area contributed by atoms with Gasteiger partial charge in [0.25, 0.3) is 5.91 Å². The van der Waals surface area contributed by atoms with Crippen LogP contribution in [0, 0.1) is 0 Å². The number of aryl methyl sites for hydroxylation is 1. The molecule has 3 rings (SSSR count). The van der Waals surface area contributed by atoms with E-state index in [1.807, 2.05) is 17.0 Å². The predicted molar refractivity (Wildman–Crippen MR) is 101 cm³/mol. The number of anilines is 1. The average Bonchev–Trinajstić information content (AvgIpc) is 2.98. The van der Waals surface area contributed by atoms with E-state index in [9.17, 15) is 9.59 Å². The molecule has 1 aliphatic heterocycles. The summed E-state index contributed by atoms with van der Waals surface area (Å²) < 4.78 is 5.97. The first-order valence-electron chi connectivity index (χ1n) is 9.35. The lowest BCUT2D eigenvalue weighted by atomic mass is 10.1. The normalized spacial score (nSPS) is 17.6. The van der Waals surface area contributed by atoms with Crippen LogP contribution >= 0.6 is 0 Å². The Bertz CT molecular complexity index is 764. The second kappa shape index (κ2) is 8.21. The van der Waals surface area contributed by atoms with Gasteiger partial charge in [0.15, 0.2) is 0 Å². The lowest BCUT2D eigenvalue weighted by Crippen LogP contribution is -2.34. The van der Waals surface area contributed by atoms with E-state index in [1.54, 1.807) is 24.3 Å². The third-order valence-electron chi connectivity index (χ3n) is 4.83. The highest BCUT2D eigenvalue weighted by molar-refractivity contribution is 5.95. The van der Waals surface area contributed by atoms with Crippen LogP contribution in [0.3, 0.4) is 0 Å². The van der Waals surface area contributed by atoms with Crippen molar-refractivity contribution >= 4 is 17.5 Å². The molecule has 0 bridgehead atoms. The number of carbonyl (C=O) groups is 2. The molecule has 0 spiro atoms. The summed E-state index contributed by atoms with van der Waals surface area (Å²) in [5, 5.41) is 2.73. The van der Waals surface area contributed by atoms with Crippen LogP contribution in [0.25, 0.3) is 0 Å². The molecule has 1 aromatic carbocycles. The SMILES string of the molecule is CCc1ccc([C@H]2CCCCCN2C(=O)c2ccc(NC(C)=O)cc2)o1. The molecule has 1 fully saturated rings. The van der Waals surface area contributed by atoms with E-state index >= 15 is 0 Å². The Labute approximate surface area is 154 Å². The van der Waals surface area contributed by atoms with Crippen molar-refractivity contribution in [3.8, 4) is 0 Å². The van der Waals surface area contributed by atoms with Crippen LogP contribution in [-0.2, 0) is 11.2 Å². The summed E-state index contributed by atoms with van der Waals surface area (Å²) in [7, 11) is 0. The fourth-order valence-corrected chi connectivity index (χ4v) is 3.48. The van der Waals surface area contributed by atoms with Crippen molar-refractivity contribution in [1.82, 2.24) is 4.90 Å². The van der Waals surface area contributed by atoms with Crippen LogP contribution in [0.4, 0.5) is 5.69 Å². The Kier molecular flexibility index (Phi) is 5.76. The van der Waals surface area contributed by atoms with Gasteiger partial charge in [-0.25, -0.2) is 0 Å². The quantitative estimate of drug-likeness (QED) is 0.875. The Morgan fingerprint density at radius 2 is 1.88 bits per heavy atom. The summed E-state index contributed by atoms with van der Waals surface area (Å²) in [5.74, 6) is 1.73. The van der Waals surface area contributed by atoms with E-state index in [-0.39, 0.29) is 17.9 Å². The molecule has 2 heterocycles. The summed E-state index contributed by atoms with van der Waals surface area (Å²) in [6, 6.07) is 11.1. The third kappa shape index (κ3) is 4.15. The molecule has 0 saturated carbocycles. The maximum Gasteiger partial charge on any atom is 0.254 e. The van der Waals surface area contributed by atoms with Gasteiger partial charge in [-0.2, -0.15) is 0 Å². The number of furan rings is 1. The summed E-state index contributed by atoms with van der Waals surface area (Å²) >= 11 is 0. The molecule has 1 saturated heterocycles. The maximum absolute atomic E-state index is 13.1. The smallest absolute Gasteiger partial charge is 0.254 e. The molecule has 0 unspecified atom stereocenters. The Morgan fingerprint density at radius 3 is 2.54 bits per heavy atom. The number of carbonyl (C=O) groups excluding carboxylic acids is 2. The zero-order valence-corrected chi connectivity index (χ0v) is 15.5. The number of hydrogen-bond acceptors (Lipinski definition) is 3. The van der Waals surface area contributed by atoms with Crippen LogP contribution < -0.4 is 5.32 Å². The summed E-state index contributed by atoms with van der Waals surface area (Å²) in [6.07, 6.45) is 5.01. The zero-order valence-electron chi connectivity index (χ0n) is 15.5. The van der Waals surface area contributed by atoms with Gasteiger partial charge in [0, 0.05) is 31.1 Å². The first-order valence-corrected chi connectivity index (χ1v) is 9.35. The zero-order chi connectivity index (χ0) is 18.5. The number of rotatable bonds is 4. The second-order valence-electron chi connectivity index (χ2n) is 6.78. The average molecular weight is 354 g/mol. The molecule has 1 atom stereocenters. The van der Waals surface area contributed by atoms with Crippen LogP contribution in [0.2, 0.25) is 0 Å². The Balaban J connectivity index is 1.82. The minimum absolute atomic E-state index is 0.0136. The van der Waals surface area contributed by atoms with Gasteiger partial charge in [0.2, 0.25) is 5.91 Å². The fraction of sp³-hybridized carbons (Fsp3) is 0.429. The second-order valence-corrected chi connectivity index (χ2v) is 6.78. The number of nitrogens with zero attached hydrogens (tertiary/aromatic N) is 1. The van der Waals surface area contributed by atoms with Crippen molar-refractivity contribution < 1.29 is 14.0 Å². The number of benzene rings is 1. The van der Waals surface area contributed by atoms with E-state index in [2.05, 4.69) is 12.2 Å². The molecule has 2 amide bonds. The van der Waals surface area contributed by atoms with Crippen molar-refractivity contribution in [3.05, 3.63) is 53.5 Å². The van der Waals surface area contributed by atoms with Crippen LogP contribution in [0.5, 0.6) is 0 Å². The largest absolute Gasteiger partial charge is 0.464 e. The first-order chi connectivity index (χ1) is 12.6. The molecule has 0 radical (unpaired) electrons. The van der Waals surface area contributed by atoms with Gasteiger partial charge >= 0.3 is 0 Å². The lowest BCUT2D eigenvalue weighted by Gasteiger charge is -2.29. The van der Waals surface area contributed by atoms with Gasteiger partial charge in [-0.3, -0.25) is 9.59 Å². The predicted octanol–water partition coefficient (Wildman–Crippen LogP) is 4.56. The van der Waals surface area contributed by atoms with Crippen molar-refractivity contribution in [2.24, 2.45) is 0 Å². The monoisotopic (exact) mass is 354 g/mol. The lowest BCUT2D eigenvalue weighted by molar-refractivity contribution is -0.114. The van der Waals surface area contributed by atoms with Gasteiger partial charge in [0.05, 0.1) is 6.04 Å². The van der Waals surface area contributed by atoms with Gasteiger partial charge in [-0.1, -0.05) is 19.8 Å². The van der Waals surface area contributed by atoms with Crippen LogP contribution in [0.1, 0.15) is 67.5 Å². The Hall–Kier alpha value is -2.56. The van der Waals surface area contributed by atoms with Gasteiger partial charge in [-0.05, 0) is 49.2 Å². The van der Waals surface area contributed by atoms with Crippen molar-refractivity contribution in [2.45, 2.75) is 52.0 Å². The fourth-order valence-electron chi connectivity index (χ4n) is 3.48. The minimum atomic E-state index is -0.124. The molecule has 5 heteroatoms. The molecule has 138 valence electrons. The Morgan fingerprint density at radius 1 is 1.12 bits per heavy atom. The molecule has 26 heavy (non-hydrogen) atoms. The van der Waals surface area contributed by atoms with E-state index in [1.165, 1.54) is 6.92 Å². The molecule has 5 nitrogen and oxygen atoms in total. The molecule has 1 aromatic heterocycles. The molecular weight excluding hydrogens is 328 g/mol. The maximum atomic E-state index is 13.1. The number of hydrogen-bond donors (Lipinski definition) is 1. The molecule has 1 aliphatic rings. The van der Waals surface area contributed by atoms with Gasteiger partial charge in [-0.15, -0.1) is 0 Å². The number of amides is 2. The van der Waals surface area contributed by atoms with Crippen LogP contribution in [0.15, 0.2) is 40.8 Å². The highest BCUT2D eigenvalue weighted by Crippen LogP contribution is 2.32. The van der Waals surface area contributed by atoms with Crippen molar-refractivity contribution in [1.29, 1.82) is 0 Å². The molecule has 0 aliphatic carbocycles. The summed E-state index contributed by atoms with van der Waals surface area (Å²) in [4.78, 5) is 26.2. The molecule has 2 aromatic rings. The van der Waals surface area contributed by atoms with Crippen molar-refractivity contribution in [2.75, 3.05) is 11.9 Å². The standard InChI is InChI=1S/C21H26N2O3/c1-3-18-12-13-20(26-18)19-7-5-4-6-14-23(19)21(25)16-8-10-17(11-9-16)22-15(2)24/h8-13,19H,3-7,14H2,1-2H3,(H,22,24)/t19-/m1/s1. The number of likely N-dealkylation sites (tertiary alicyclic amines) is 1. The minimum Gasteiger partial charge on any atom is -0.464 e. The van der Waals surface area contributed by atoms with Crippen molar-refractivity contribution in [3.63, 3.8) is 0 Å². The highest BCUT2D eigenvalue weighted by Gasteiger charge is 2.29. The third-order valence-corrected chi connectivity index (χ3v) is 4.83. The van der Waals surface area contributed by atoms with E-state index < -0.39 is 0 Å². The topological polar surface area (TPSA) is 62.6 Å². The summed E-state index contributed by atoms with van der Waals surface area (Å²) in [6.45, 7) is 4.27. The molecular formula is C21H26N2O3. The van der Waals surface area contributed by atoms with Gasteiger partial charge in [0.1, 0.15) is 11.5 Å². The summed E-state index contributed by atoms with van der Waals surface area (Å²) in [5.41, 5.74) is 1.33. The molecule has 1 N–H and O–H groups in total. The van der Waals surface area contributed by atoms with E-state index in [0.717, 1.165) is 50.2 Å². The van der Waals surface area contributed by atoms with E-state index in [0.29, 0.717) is 11.3 Å². The first kappa shape index (κ1) is 18.2. The number of nitrogens with one attached hydrogen (secondary N) is 1. The van der Waals surface area contributed by atoms with Gasteiger partial charge < -0.3 is 14.6 Å². The van der Waals surface area contributed by atoms with Crippen LogP contribution in [-0.4, -0.2) is 23.3 Å².